The summed E-state index contributed by atoms with van der Waals surface area (Å²) in [6.07, 6.45) is 0.567. The van der Waals surface area contributed by atoms with Gasteiger partial charge >= 0.3 is 0 Å². The SMILES string of the molecule is O=C(NCCc1ccccc1)c1ccccc1NC(=O)C1CC(=O)N(c2cc(F)cc(F)c2)C1. The van der Waals surface area contributed by atoms with Gasteiger partial charge in [-0.15, -0.1) is 0 Å². The first-order valence-electron chi connectivity index (χ1n) is 10.9. The van der Waals surface area contributed by atoms with E-state index < -0.39 is 29.4 Å². The van der Waals surface area contributed by atoms with E-state index in [1.165, 1.54) is 4.90 Å². The van der Waals surface area contributed by atoms with E-state index in [1.807, 2.05) is 30.3 Å². The number of carbonyl (C=O) groups is 3. The zero-order chi connectivity index (χ0) is 24.1. The quantitative estimate of drug-likeness (QED) is 0.557. The molecule has 34 heavy (non-hydrogen) atoms. The molecule has 1 saturated heterocycles. The molecule has 1 unspecified atom stereocenters. The third kappa shape index (κ3) is 5.46. The van der Waals surface area contributed by atoms with Gasteiger partial charge < -0.3 is 15.5 Å². The fourth-order valence-electron chi connectivity index (χ4n) is 3.91. The van der Waals surface area contributed by atoms with Gasteiger partial charge in [-0.3, -0.25) is 14.4 Å². The van der Waals surface area contributed by atoms with Crippen molar-refractivity contribution in [2.24, 2.45) is 5.92 Å². The summed E-state index contributed by atoms with van der Waals surface area (Å²) in [5, 5.41) is 5.58. The summed E-state index contributed by atoms with van der Waals surface area (Å²) in [6, 6.07) is 19.2. The molecule has 0 aliphatic carbocycles. The van der Waals surface area contributed by atoms with Crippen LogP contribution in [0.25, 0.3) is 0 Å². The summed E-state index contributed by atoms with van der Waals surface area (Å²) in [6.45, 7) is 0.417. The molecule has 0 saturated carbocycles. The van der Waals surface area contributed by atoms with E-state index in [0.717, 1.165) is 23.8 Å². The highest BCUT2D eigenvalue weighted by atomic mass is 19.1. The topological polar surface area (TPSA) is 78.5 Å². The van der Waals surface area contributed by atoms with Crippen molar-refractivity contribution in [2.45, 2.75) is 12.8 Å². The Bertz CT molecular complexity index is 1200. The molecule has 6 nitrogen and oxygen atoms in total. The number of rotatable bonds is 7. The van der Waals surface area contributed by atoms with Crippen LogP contribution in [-0.4, -0.2) is 30.8 Å². The largest absolute Gasteiger partial charge is 0.352 e. The standard InChI is InChI=1S/C26H23F2N3O3/c27-19-13-20(28)15-21(14-19)31-16-18(12-24(31)32)25(33)30-23-9-5-4-8-22(23)26(34)29-11-10-17-6-2-1-3-7-17/h1-9,13-15,18H,10-12,16H2,(H,29,34)(H,30,33). The Kier molecular flexibility index (Phi) is 6.96. The van der Waals surface area contributed by atoms with Crippen molar-refractivity contribution >= 4 is 29.1 Å². The number of halogens is 2. The van der Waals surface area contributed by atoms with E-state index in [9.17, 15) is 23.2 Å². The zero-order valence-corrected chi connectivity index (χ0v) is 18.3. The Morgan fingerprint density at radius 1 is 0.941 bits per heavy atom. The normalized spacial score (nSPS) is 15.3. The maximum atomic E-state index is 13.6. The monoisotopic (exact) mass is 463 g/mol. The summed E-state index contributed by atoms with van der Waals surface area (Å²) in [4.78, 5) is 39.2. The Hall–Kier alpha value is -4.07. The Morgan fingerprint density at radius 3 is 2.35 bits per heavy atom. The maximum Gasteiger partial charge on any atom is 0.253 e. The van der Waals surface area contributed by atoms with Crippen molar-refractivity contribution in [1.29, 1.82) is 0 Å². The van der Waals surface area contributed by atoms with Crippen molar-refractivity contribution < 1.29 is 23.2 Å². The van der Waals surface area contributed by atoms with Crippen molar-refractivity contribution in [3.8, 4) is 0 Å². The Labute approximate surface area is 195 Å². The lowest BCUT2D eigenvalue weighted by Gasteiger charge is -2.17. The summed E-state index contributed by atoms with van der Waals surface area (Å²) in [5.41, 5.74) is 1.79. The lowest BCUT2D eigenvalue weighted by molar-refractivity contribution is -0.122. The molecule has 1 atom stereocenters. The van der Waals surface area contributed by atoms with Gasteiger partial charge in [0, 0.05) is 31.3 Å². The number of benzene rings is 3. The predicted molar refractivity (Wildman–Crippen MR) is 124 cm³/mol. The minimum atomic E-state index is -0.803. The second kappa shape index (κ2) is 10.2. The molecule has 8 heteroatoms. The average Bonchev–Trinajstić information content (AvgIpc) is 3.21. The number of nitrogens with one attached hydrogen (secondary N) is 2. The number of para-hydroxylation sites is 1. The van der Waals surface area contributed by atoms with E-state index in [-0.39, 0.29) is 24.6 Å². The van der Waals surface area contributed by atoms with Gasteiger partial charge in [-0.1, -0.05) is 42.5 Å². The van der Waals surface area contributed by atoms with Crippen LogP contribution in [0.2, 0.25) is 0 Å². The molecule has 3 aromatic rings. The molecule has 2 N–H and O–H groups in total. The predicted octanol–water partition coefficient (Wildman–Crippen LogP) is 3.93. The second-order valence-corrected chi connectivity index (χ2v) is 8.06. The maximum absolute atomic E-state index is 13.6. The molecule has 1 aliphatic heterocycles. The van der Waals surface area contributed by atoms with Gasteiger partial charge in [-0.2, -0.15) is 0 Å². The van der Waals surface area contributed by atoms with Gasteiger partial charge in [0.15, 0.2) is 0 Å². The van der Waals surface area contributed by atoms with Crippen molar-refractivity contribution in [3.05, 3.63) is 95.6 Å². The molecule has 1 fully saturated rings. The van der Waals surface area contributed by atoms with Crippen LogP contribution in [0.3, 0.4) is 0 Å². The van der Waals surface area contributed by atoms with E-state index in [4.69, 9.17) is 0 Å². The number of carbonyl (C=O) groups excluding carboxylic acids is 3. The molecule has 0 spiro atoms. The highest BCUT2D eigenvalue weighted by Gasteiger charge is 2.35. The molecular weight excluding hydrogens is 440 g/mol. The van der Waals surface area contributed by atoms with Crippen LogP contribution < -0.4 is 15.5 Å². The van der Waals surface area contributed by atoms with Gasteiger partial charge in [-0.05, 0) is 36.2 Å². The summed E-state index contributed by atoms with van der Waals surface area (Å²) < 4.78 is 27.1. The number of hydrogen-bond donors (Lipinski definition) is 2. The first kappa shape index (κ1) is 23.1. The second-order valence-electron chi connectivity index (χ2n) is 8.06. The Morgan fingerprint density at radius 2 is 1.62 bits per heavy atom. The van der Waals surface area contributed by atoms with Gasteiger partial charge in [0.05, 0.1) is 17.2 Å². The number of amides is 3. The lowest BCUT2D eigenvalue weighted by atomic mass is 10.1. The first-order chi connectivity index (χ1) is 16.4. The van der Waals surface area contributed by atoms with Crippen molar-refractivity contribution in [2.75, 3.05) is 23.3 Å². The minimum absolute atomic E-state index is 0.0149. The molecule has 174 valence electrons. The molecular formula is C26H23F2N3O3. The Balaban J connectivity index is 1.39. The van der Waals surface area contributed by atoms with Gasteiger partial charge in [0.1, 0.15) is 11.6 Å². The molecule has 0 radical (unpaired) electrons. The number of anilines is 2. The molecule has 3 aromatic carbocycles. The van der Waals surface area contributed by atoms with Crippen LogP contribution in [0.1, 0.15) is 22.3 Å². The third-order valence-corrected chi connectivity index (χ3v) is 5.63. The summed E-state index contributed by atoms with van der Waals surface area (Å²) in [5.74, 6) is -3.51. The third-order valence-electron chi connectivity index (χ3n) is 5.63. The van der Waals surface area contributed by atoms with Crippen LogP contribution in [0, 0.1) is 17.6 Å². The smallest absolute Gasteiger partial charge is 0.253 e. The fourth-order valence-corrected chi connectivity index (χ4v) is 3.91. The van der Waals surface area contributed by atoms with E-state index in [2.05, 4.69) is 10.6 Å². The van der Waals surface area contributed by atoms with E-state index in [1.54, 1.807) is 24.3 Å². The van der Waals surface area contributed by atoms with Crippen molar-refractivity contribution in [1.82, 2.24) is 5.32 Å². The molecule has 4 rings (SSSR count). The molecule has 0 aromatic heterocycles. The van der Waals surface area contributed by atoms with E-state index in [0.29, 0.717) is 24.2 Å². The summed E-state index contributed by atoms with van der Waals surface area (Å²) >= 11 is 0. The van der Waals surface area contributed by atoms with Crippen LogP contribution >= 0.6 is 0 Å². The minimum Gasteiger partial charge on any atom is -0.352 e. The lowest BCUT2D eigenvalue weighted by Crippen LogP contribution is -2.30. The molecule has 1 heterocycles. The van der Waals surface area contributed by atoms with E-state index >= 15 is 0 Å². The molecule has 1 aliphatic rings. The van der Waals surface area contributed by atoms with Gasteiger partial charge in [-0.25, -0.2) is 8.78 Å². The van der Waals surface area contributed by atoms with Crippen LogP contribution in [0.4, 0.5) is 20.2 Å². The number of hydrogen-bond acceptors (Lipinski definition) is 3. The van der Waals surface area contributed by atoms with Gasteiger partial charge in [0.25, 0.3) is 5.91 Å². The molecule has 3 amide bonds. The van der Waals surface area contributed by atoms with Crippen molar-refractivity contribution in [3.63, 3.8) is 0 Å². The zero-order valence-electron chi connectivity index (χ0n) is 18.3. The fraction of sp³-hybridized carbons (Fsp3) is 0.192. The van der Waals surface area contributed by atoms with Crippen LogP contribution in [0.5, 0.6) is 0 Å². The van der Waals surface area contributed by atoms with Gasteiger partial charge in [0.2, 0.25) is 11.8 Å². The highest BCUT2D eigenvalue weighted by molar-refractivity contribution is 6.07. The summed E-state index contributed by atoms with van der Waals surface area (Å²) in [7, 11) is 0. The van der Waals surface area contributed by atoms with Crippen LogP contribution in [-0.2, 0) is 16.0 Å². The van der Waals surface area contributed by atoms with Crippen LogP contribution in [0.15, 0.2) is 72.8 Å². The first-order valence-corrected chi connectivity index (χ1v) is 10.9. The molecule has 0 bridgehead atoms. The number of nitrogens with zero attached hydrogens (tertiary/aromatic N) is 1. The highest BCUT2D eigenvalue weighted by Crippen LogP contribution is 2.28. The average molecular weight is 463 g/mol.